The van der Waals surface area contributed by atoms with Crippen molar-refractivity contribution in [3.63, 3.8) is 0 Å². The van der Waals surface area contributed by atoms with E-state index < -0.39 is 0 Å². The summed E-state index contributed by atoms with van der Waals surface area (Å²) in [6.07, 6.45) is 0. The minimum absolute atomic E-state index is 0.0755. The molecule has 0 unspecified atom stereocenters. The van der Waals surface area contributed by atoms with Gasteiger partial charge in [0.2, 0.25) is 0 Å². The van der Waals surface area contributed by atoms with Crippen LogP contribution < -0.4 is 0 Å². The molecule has 0 heterocycles. The van der Waals surface area contributed by atoms with Crippen LogP contribution in [0.5, 0.6) is 11.5 Å². The van der Waals surface area contributed by atoms with Crippen LogP contribution in [0.3, 0.4) is 0 Å². The Labute approximate surface area is 94.8 Å². The lowest BCUT2D eigenvalue weighted by atomic mass is 9.96. The standard InChI is InChI=1S/C14H14O2/c1-9-4-3-5-12(10(9)2)13-7-6-11(15)8-14(13)16/h3-8,15-16H,1-2H3. The van der Waals surface area contributed by atoms with Crippen LogP contribution in [0.15, 0.2) is 36.4 Å². The molecule has 0 aromatic heterocycles. The summed E-state index contributed by atoms with van der Waals surface area (Å²) in [4.78, 5) is 0. The van der Waals surface area contributed by atoms with Crippen LogP contribution in [0.1, 0.15) is 11.1 Å². The van der Waals surface area contributed by atoms with E-state index in [1.807, 2.05) is 32.0 Å². The SMILES string of the molecule is Cc1cccc(-c2ccc(O)cc2O)c1C. The first kappa shape index (κ1) is 10.6. The van der Waals surface area contributed by atoms with Gasteiger partial charge in [0.15, 0.2) is 0 Å². The second-order valence-electron chi connectivity index (χ2n) is 3.95. The van der Waals surface area contributed by atoms with Gasteiger partial charge in [-0.05, 0) is 42.7 Å². The zero-order chi connectivity index (χ0) is 11.7. The number of hydrogen-bond acceptors (Lipinski definition) is 2. The third-order valence-corrected chi connectivity index (χ3v) is 2.88. The summed E-state index contributed by atoms with van der Waals surface area (Å²) in [5, 5.41) is 19.0. The Morgan fingerprint density at radius 1 is 0.875 bits per heavy atom. The fourth-order valence-corrected chi connectivity index (χ4v) is 1.79. The number of phenols is 2. The molecule has 0 fully saturated rings. The van der Waals surface area contributed by atoms with E-state index in [1.165, 1.54) is 11.6 Å². The first-order valence-corrected chi connectivity index (χ1v) is 5.18. The van der Waals surface area contributed by atoms with E-state index in [9.17, 15) is 10.2 Å². The molecule has 0 saturated carbocycles. The quantitative estimate of drug-likeness (QED) is 0.764. The Morgan fingerprint density at radius 2 is 1.62 bits per heavy atom. The molecule has 0 spiro atoms. The van der Waals surface area contributed by atoms with Gasteiger partial charge in [0.05, 0.1) is 0 Å². The summed E-state index contributed by atoms with van der Waals surface area (Å²) < 4.78 is 0. The lowest BCUT2D eigenvalue weighted by molar-refractivity contribution is 0.452. The molecule has 0 aliphatic heterocycles. The summed E-state index contributed by atoms with van der Waals surface area (Å²) in [5.41, 5.74) is 4.07. The van der Waals surface area contributed by atoms with E-state index >= 15 is 0 Å². The molecule has 0 amide bonds. The predicted molar refractivity (Wildman–Crippen MR) is 64.7 cm³/mol. The van der Waals surface area contributed by atoms with Gasteiger partial charge in [0, 0.05) is 11.6 Å². The molecule has 0 atom stereocenters. The second kappa shape index (κ2) is 3.89. The first-order chi connectivity index (χ1) is 7.59. The number of phenolic OH excluding ortho intramolecular Hbond substituents is 2. The maximum atomic E-state index is 9.80. The maximum Gasteiger partial charge on any atom is 0.127 e. The summed E-state index contributed by atoms with van der Waals surface area (Å²) in [6.45, 7) is 4.06. The topological polar surface area (TPSA) is 40.5 Å². The molecular formula is C14H14O2. The highest BCUT2D eigenvalue weighted by molar-refractivity contribution is 5.74. The van der Waals surface area contributed by atoms with Gasteiger partial charge in [0.25, 0.3) is 0 Å². The molecule has 2 aromatic rings. The molecule has 2 N–H and O–H groups in total. The van der Waals surface area contributed by atoms with Crippen LogP contribution in [0.25, 0.3) is 11.1 Å². The molecule has 0 aliphatic carbocycles. The highest BCUT2D eigenvalue weighted by Crippen LogP contribution is 2.34. The zero-order valence-corrected chi connectivity index (χ0v) is 9.36. The summed E-state index contributed by atoms with van der Waals surface area (Å²) in [6, 6.07) is 10.6. The molecule has 2 rings (SSSR count). The van der Waals surface area contributed by atoms with E-state index in [2.05, 4.69) is 0 Å². The van der Waals surface area contributed by atoms with Gasteiger partial charge in [-0.25, -0.2) is 0 Å². The number of aromatic hydroxyl groups is 2. The second-order valence-corrected chi connectivity index (χ2v) is 3.95. The fourth-order valence-electron chi connectivity index (χ4n) is 1.79. The van der Waals surface area contributed by atoms with E-state index in [1.54, 1.807) is 12.1 Å². The summed E-state index contributed by atoms with van der Waals surface area (Å²) in [7, 11) is 0. The van der Waals surface area contributed by atoms with E-state index in [0.29, 0.717) is 0 Å². The van der Waals surface area contributed by atoms with Gasteiger partial charge in [-0.15, -0.1) is 0 Å². The highest BCUT2D eigenvalue weighted by Gasteiger charge is 2.08. The zero-order valence-electron chi connectivity index (χ0n) is 9.36. The summed E-state index contributed by atoms with van der Waals surface area (Å²) in [5.74, 6) is 0.181. The maximum absolute atomic E-state index is 9.80. The van der Waals surface area contributed by atoms with Gasteiger partial charge < -0.3 is 10.2 Å². The molecule has 0 saturated heterocycles. The number of aryl methyl sites for hydroxylation is 1. The van der Waals surface area contributed by atoms with Crippen molar-refractivity contribution < 1.29 is 10.2 Å². The van der Waals surface area contributed by atoms with Gasteiger partial charge in [0.1, 0.15) is 11.5 Å². The van der Waals surface area contributed by atoms with Crippen molar-refractivity contribution in [1.29, 1.82) is 0 Å². The fraction of sp³-hybridized carbons (Fsp3) is 0.143. The first-order valence-electron chi connectivity index (χ1n) is 5.18. The molecular weight excluding hydrogens is 200 g/mol. The van der Waals surface area contributed by atoms with Crippen molar-refractivity contribution in [3.8, 4) is 22.6 Å². The van der Waals surface area contributed by atoms with Gasteiger partial charge in [-0.3, -0.25) is 0 Å². The number of rotatable bonds is 1. The van der Waals surface area contributed by atoms with Crippen molar-refractivity contribution in [2.75, 3.05) is 0 Å². The van der Waals surface area contributed by atoms with Crippen LogP contribution in [-0.2, 0) is 0 Å². The molecule has 0 radical (unpaired) electrons. The summed E-state index contributed by atoms with van der Waals surface area (Å²) >= 11 is 0. The lowest BCUT2D eigenvalue weighted by Gasteiger charge is -2.10. The molecule has 2 aromatic carbocycles. The van der Waals surface area contributed by atoms with E-state index in [0.717, 1.165) is 16.7 Å². The molecule has 2 nitrogen and oxygen atoms in total. The minimum atomic E-state index is 0.0755. The molecule has 0 aliphatic rings. The average Bonchev–Trinajstić information content (AvgIpc) is 2.23. The van der Waals surface area contributed by atoms with Crippen LogP contribution in [0.4, 0.5) is 0 Å². The van der Waals surface area contributed by atoms with Crippen molar-refractivity contribution in [3.05, 3.63) is 47.5 Å². The minimum Gasteiger partial charge on any atom is -0.508 e. The monoisotopic (exact) mass is 214 g/mol. The molecule has 2 heteroatoms. The smallest absolute Gasteiger partial charge is 0.127 e. The predicted octanol–water partition coefficient (Wildman–Crippen LogP) is 3.38. The third kappa shape index (κ3) is 1.74. The highest BCUT2D eigenvalue weighted by atomic mass is 16.3. The van der Waals surface area contributed by atoms with E-state index in [-0.39, 0.29) is 11.5 Å². The molecule has 16 heavy (non-hydrogen) atoms. The van der Waals surface area contributed by atoms with Crippen LogP contribution in [0.2, 0.25) is 0 Å². The number of hydrogen-bond donors (Lipinski definition) is 2. The van der Waals surface area contributed by atoms with Gasteiger partial charge in [-0.2, -0.15) is 0 Å². The van der Waals surface area contributed by atoms with Crippen molar-refractivity contribution in [2.45, 2.75) is 13.8 Å². The Balaban J connectivity index is 2.63. The Hall–Kier alpha value is -1.96. The third-order valence-electron chi connectivity index (χ3n) is 2.88. The lowest BCUT2D eigenvalue weighted by Crippen LogP contribution is -1.87. The van der Waals surface area contributed by atoms with Gasteiger partial charge >= 0.3 is 0 Å². The Bertz CT molecular complexity index is 530. The van der Waals surface area contributed by atoms with Crippen LogP contribution in [-0.4, -0.2) is 10.2 Å². The Kier molecular flexibility index (Phi) is 2.57. The average molecular weight is 214 g/mol. The Morgan fingerprint density at radius 3 is 2.31 bits per heavy atom. The van der Waals surface area contributed by atoms with Crippen molar-refractivity contribution in [2.24, 2.45) is 0 Å². The van der Waals surface area contributed by atoms with Gasteiger partial charge in [-0.1, -0.05) is 18.2 Å². The van der Waals surface area contributed by atoms with E-state index in [4.69, 9.17) is 0 Å². The van der Waals surface area contributed by atoms with Crippen molar-refractivity contribution in [1.82, 2.24) is 0 Å². The number of benzene rings is 2. The van der Waals surface area contributed by atoms with Crippen LogP contribution >= 0.6 is 0 Å². The largest absolute Gasteiger partial charge is 0.508 e. The normalized spacial score (nSPS) is 10.4. The molecule has 82 valence electrons. The molecule has 0 bridgehead atoms. The van der Waals surface area contributed by atoms with Crippen molar-refractivity contribution >= 4 is 0 Å². The van der Waals surface area contributed by atoms with Crippen LogP contribution in [0, 0.1) is 13.8 Å².